The summed E-state index contributed by atoms with van der Waals surface area (Å²) < 4.78 is 28.1. The third-order valence-electron chi connectivity index (χ3n) is 3.53. The molecule has 150 valence electrons. The number of carbonyl (C=O) groups is 1. The topological polar surface area (TPSA) is 102 Å². The van der Waals surface area contributed by atoms with Crippen molar-refractivity contribution in [2.45, 2.75) is 51.6 Å². The molecule has 0 saturated heterocycles. The van der Waals surface area contributed by atoms with Crippen molar-refractivity contribution < 1.29 is 37.6 Å². The zero-order valence-electron chi connectivity index (χ0n) is 16.0. The van der Waals surface area contributed by atoms with Crippen LogP contribution in [0.3, 0.4) is 0 Å². The Bertz CT molecular complexity index is 412. The van der Waals surface area contributed by atoms with Crippen molar-refractivity contribution in [3.8, 4) is 0 Å². The third-order valence-corrected chi connectivity index (χ3v) is 4.52. The molecule has 2 N–H and O–H groups in total. The average molecular weight is 384 g/mol. The van der Waals surface area contributed by atoms with E-state index in [4.69, 9.17) is 18.9 Å². The number of unbranched alkanes of at least 4 members (excludes halogenated alkanes) is 3. The third kappa shape index (κ3) is 16.7. The number of phosphoric ester groups is 1. The lowest BCUT2D eigenvalue weighted by Gasteiger charge is -2.24. The predicted octanol–water partition coefficient (Wildman–Crippen LogP) is 2.66. The standard InChI is InChI=1S/C16H34NO7P/c1-5-15(22-12-9-7-6-8-10-16(18)19)14-24-25(20,21)23-13-11-17(2,3)4/h15H,5-14H2,1-4H3,(H-,18,19,20,21)/p+1. The fraction of sp³-hybridized carbons (Fsp3) is 0.938. The summed E-state index contributed by atoms with van der Waals surface area (Å²) in [5.41, 5.74) is 0. The molecule has 25 heavy (non-hydrogen) atoms. The van der Waals surface area contributed by atoms with Crippen molar-refractivity contribution in [3.63, 3.8) is 0 Å². The number of rotatable bonds is 16. The lowest BCUT2D eigenvalue weighted by atomic mass is 10.1. The maximum absolute atomic E-state index is 11.8. The van der Waals surface area contributed by atoms with Gasteiger partial charge in [-0.15, -0.1) is 0 Å². The number of hydrogen-bond acceptors (Lipinski definition) is 5. The minimum absolute atomic E-state index is 0.00761. The van der Waals surface area contributed by atoms with E-state index in [-0.39, 0.29) is 25.7 Å². The fourth-order valence-corrected chi connectivity index (χ4v) is 2.65. The van der Waals surface area contributed by atoms with Gasteiger partial charge in [-0.3, -0.25) is 13.8 Å². The molecule has 0 amide bonds. The first-order valence-corrected chi connectivity index (χ1v) is 10.3. The molecule has 9 heteroatoms. The van der Waals surface area contributed by atoms with Crippen LogP contribution in [0.4, 0.5) is 0 Å². The van der Waals surface area contributed by atoms with E-state index >= 15 is 0 Å². The van der Waals surface area contributed by atoms with Gasteiger partial charge in [0.05, 0.1) is 33.9 Å². The molecule has 2 atom stereocenters. The average Bonchev–Trinajstić information content (AvgIpc) is 2.47. The minimum atomic E-state index is -4.05. The summed E-state index contributed by atoms with van der Waals surface area (Å²) in [6.45, 7) is 3.19. The number of carboxylic acids is 1. The van der Waals surface area contributed by atoms with Crippen LogP contribution in [0.25, 0.3) is 0 Å². The Balaban J connectivity index is 3.85. The summed E-state index contributed by atoms with van der Waals surface area (Å²) in [4.78, 5) is 20.1. The van der Waals surface area contributed by atoms with Crippen molar-refractivity contribution in [1.82, 2.24) is 0 Å². The molecular formula is C16H35NO7P+. The van der Waals surface area contributed by atoms with Crippen LogP contribution in [0.5, 0.6) is 0 Å². The number of nitrogens with zero attached hydrogens (tertiary/aromatic N) is 1. The second-order valence-corrected chi connectivity index (χ2v) is 8.52. The smallest absolute Gasteiger partial charge is 0.472 e. The van der Waals surface area contributed by atoms with Crippen LogP contribution in [-0.4, -0.2) is 74.1 Å². The molecule has 0 rings (SSSR count). The van der Waals surface area contributed by atoms with Gasteiger partial charge in [0, 0.05) is 13.0 Å². The van der Waals surface area contributed by atoms with E-state index < -0.39 is 13.8 Å². The van der Waals surface area contributed by atoms with Crippen LogP contribution >= 0.6 is 7.82 Å². The van der Waals surface area contributed by atoms with Crippen molar-refractivity contribution in [1.29, 1.82) is 0 Å². The van der Waals surface area contributed by atoms with Crippen LogP contribution in [0.2, 0.25) is 0 Å². The number of aliphatic carboxylic acids is 1. The zero-order valence-corrected chi connectivity index (χ0v) is 16.9. The Labute approximate surface area is 151 Å². The van der Waals surface area contributed by atoms with Gasteiger partial charge in [-0.25, -0.2) is 4.57 Å². The van der Waals surface area contributed by atoms with Crippen LogP contribution in [0, 0.1) is 0 Å². The Morgan fingerprint density at radius 3 is 2.28 bits per heavy atom. The maximum atomic E-state index is 11.8. The van der Waals surface area contributed by atoms with Crippen molar-refractivity contribution in [2.24, 2.45) is 0 Å². The minimum Gasteiger partial charge on any atom is -0.481 e. The molecule has 0 bridgehead atoms. The van der Waals surface area contributed by atoms with E-state index in [0.717, 1.165) is 19.3 Å². The van der Waals surface area contributed by atoms with Gasteiger partial charge in [-0.1, -0.05) is 19.8 Å². The molecule has 8 nitrogen and oxygen atoms in total. The molecule has 2 unspecified atom stereocenters. The molecule has 0 spiro atoms. The molecule has 0 heterocycles. The van der Waals surface area contributed by atoms with E-state index in [2.05, 4.69) is 0 Å². The fourth-order valence-electron chi connectivity index (χ4n) is 1.91. The maximum Gasteiger partial charge on any atom is 0.472 e. The Hall–Kier alpha value is -0.500. The Morgan fingerprint density at radius 1 is 1.08 bits per heavy atom. The molecular weight excluding hydrogens is 349 g/mol. The summed E-state index contributed by atoms with van der Waals surface area (Å²) in [5.74, 6) is -0.767. The van der Waals surface area contributed by atoms with E-state index in [1.165, 1.54) is 0 Å². The van der Waals surface area contributed by atoms with Gasteiger partial charge in [0.15, 0.2) is 0 Å². The molecule has 0 aromatic heterocycles. The summed E-state index contributed by atoms with van der Waals surface area (Å²) in [5, 5.41) is 8.55. The number of quaternary nitrogens is 1. The van der Waals surface area contributed by atoms with Crippen LogP contribution in [0.1, 0.15) is 45.4 Å². The van der Waals surface area contributed by atoms with Gasteiger partial charge < -0.3 is 19.2 Å². The predicted molar refractivity (Wildman–Crippen MR) is 95.4 cm³/mol. The highest BCUT2D eigenvalue weighted by atomic mass is 31.2. The Morgan fingerprint density at radius 2 is 1.72 bits per heavy atom. The van der Waals surface area contributed by atoms with Crippen molar-refractivity contribution in [3.05, 3.63) is 0 Å². The lowest BCUT2D eigenvalue weighted by Crippen LogP contribution is -2.37. The Kier molecular flexibility index (Phi) is 12.5. The highest BCUT2D eigenvalue weighted by Gasteiger charge is 2.24. The van der Waals surface area contributed by atoms with Gasteiger partial charge in [0.2, 0.25) is 0 Å². The molecule has 0 aromatic carbocycles. The van der Waals surface area contributed by atoms with Gasteiger partial charge in [0.1, 0.15) is 13.2 Å². The molecule has 0 radical (unpaired) electrons. The second-order valence-electron chi connectivity index (χ2n) is 7.07. The van der Waals surface area contributed by atoms with E-state index in [1.54, 1.807) is 0 Å². The number of carboxylic acid groups (broad SMARTS) is 1. The quantitative estimate of drug-likeness (QED) is 0.240. The molecule has 0 saturated carbocycles. The van der Waals surface area contributed by atoms with Gasteiger partial charge >= 0.3 is 13.8 Å². The lowest BCUT2D eigenvalue weighted by molar-refractivity contribution is -0.870. The van der Waals surface area contributed by atoms with Crippen molar-refractivity contribution >= 4 is 13.8 Å². The molecule has 0 fully saturated rings. The number of likely N-dealkylation sites (N-methyl/N-ethyl adjacent to an activating group) is 1. The van der Waals surface area contributed by atoms with Gasteiger partial charge in [-0.05, 0) is 19.3 Å². The first-order chi connectivity index (χ1) is 11.6. The second kappa shape index (κ2) is 12.8. The summed E-state index contributed by atoms with van der Waals surface area (Å²) in [6.07, 6.45) is 3.86. The largest absolute Gasteiger partial charge is 0.481 e. The van der Waals surface area contributed by atoms with Crippen LogP contribution < -0.4 is 0 Å². The van der Waals surface area contributed by atoms with Crippen LogP contribution in [0.15, 0.2) is 0 Å². The van der Waals surface area contributed by atoms with Gasteiger partial charge in [0.25, 0.3) is 0 Å². The molecule has 0 aliphatic carbocycles. The SMILES string of the molecule is CCC(COP(=O)(O)OCC[N+](C)(C)C)OCCCCCCC(=O)O. The highest BCUT2D eigenvalue weighted by molar-refractivity contribution is 7.47. The van der Waals surface area contributed by atoms with Gasteiger partial charge in [-0.2, -0.15) is 0 Å². The first kappa shape index (κ1) is 24.5. The normalized spacial score (nSPS) is 15.7. The summed E-state index contributed by atoms with van der Waals surface area (Å²) in [6, 6.07) is 0. The van der Waals surface area contributed by atoms with E-state index in [9.17, 15) is 14.3 Å². The highest BCUT2D eigenvalue weighted by Crippen LogP contribution is 2.43. The molecule has 0 aromatic rings. The summed E-state index contributed by atoms with van der Waals surface area (Å²) >= 11 is 0. The monoisotopic (exact) mass is 384 g/mol. The zero-order chi connectivity index (χ0) is 19.3. The van der Waals surface area contributed by atoms with E-state index in [1.807, 2.05) is 28.1 Å². The van der Waals surface area contributed by atoms with Crippen molar-refractivity contribution in [2.75, 3.05) is 47.5 Å². The van der Waals surface area contributed by atoms with Crippen LogP contribution in [-0.2, 0) is 23.1 Å². The summed E-state index contributed by atoms with van der Waals surface area (Å²) in [7, 11) is 1.85. The number of hydrogen-bond donors (Lipinski definition) is 2. The molecule has 0 aliphatic heterocycles. The first-order valence-electron chi connectivity index (χ1n) is 8.81. The number of ether oxygens (including phenoxy) is 1. The number of phosphoric acid groups is 1. The van der Waals surface area contributed by atoms with E-state index in [0.29, 0.717) is 30.5 Å². The molecule has 0 aliphatic rings.